The average Bonchev–Trinajstić information content (AvgIpc) is 3.31. The Hall–Kier alpha value is -2.25. The molecule has 3 heterocycles. The second kappa shape index (κ2) is 10.3. The highest BCUT2D eigenvalue weighted by Gasteiger charge is 2.33. The third-order valence-electron chi connectivity index (χ3n) is 7.08. The molecule has 2 aliphatic rings. The van der Waals surface area contributed by atoms with Crippen LogP contribution in [0.4, 0.5) is 0 Å². The fourth-order valence-corrected chi connectivity index (χ4v) is 5.00. The summed E-state index contributed by atoms with van der Waals surface area (Å²) in [7, 11) is 1.68. The molecular formula is C26H38N4O3. The van der Waals surface area contributed by atoms with Crippen molar-refractivity contribution in [1.82, 2.24) is 19.9 Å². The Labute approximate surface area is 197 Å². The lowest BCUT2D eigenvalue weighted by Gasteiger charge is -2.41. The van der Waals surface area contributed by atoms with Crippen LogP contribution < -0.4 is 0 Å². The van der Waals surface area contributed by atoms with Gasteiger partial charge in [-0.1, -0.05) is 38.1 Å². The highest BCUT2D eigenvalue weighted by Crippen LogP contribution is 2.30. The van der Waals surface area contributed by atoms with Gasteiger partial charge in [0.05, 0.1) is 12.5 Å². The van der Waals surface area contributed by atoms with Crippen LogP contribution in [0.1, 0.15) is 80.0 Å². The van der Waals surface area contributed by atoms with Crippen molar-refractivity contribution in [2.24, 2.45) is 0 Å². The predicted molar refractivity (Wildman–Crippen MR) is 127 cm³/mol. The number of hydrogen-bond acceptors (Lipinski definition) is 6. The molecule has 33 heavy (non-hydrogen) atoms. The van der Waals surface area contributed by atoms with E-state index >= 15 is 0 Å². The summed E-state index contributed by atoms with van der Waals surface area (Å²) >= 11 is 0. The van der Waals surface area contributed by atoms with Crippen molar-refractivity contribution in [2.45, 2.75) is 70.3 Å². The van der Waals surface area contributed by atoms with Crippen LogP contribution in [-0.4, -0.2) is 71.8 Å². The zero-order valence-corrected chi connectivity index (χ0v) is 20.5. The van der Waals surface area contributed by atoms with Crippen molar-refractivity contribution in [1.29, 1.82) is 0 Å². The number of carbonyl (C=O) groups excluding carboxylic acids is 1. The summed E-state index contributed by atoms with van der Waals surface area (Å²) in [6.07, 6.45) is 4.94. The molecule has 2 fully saturated rings. The maximum Gasteiger partial charge on any atom is 0.253 e. The minimum absolute atomic E-state index is 0.0962. The van der Waals surface area contributed by atoms with Gasteiger partial charge in [-0.2, -0.15) is 4.98 Å². The summed E-state index contributed by atoms with van der Waals surface area (Å²) in [6.45, 7) is 10.9. The van der Waals surface area contributed by atoms with E-state index in [1.54, 1.807) is 7.11 Å². The summed E-state index contributed by atoms with van der Waals surface area (Å²) < 4.78 is 10.7. The molecule has 1 atom stereocenters. The van der Waals surface area contributed by atoms with E-state index in [0.29, 0.717) is 25.0 Å². The molecule has 1 amide bonds. The Morgan fingerprint density at radius 2 is 1.85 bits per heavy atom. The van der Waals surface area contributed by atoms with Crippen LogP contribution >= 0.6 is 0 Å². The second-order valence-electron chi connectivity index (χ2n) is 10.5. The maximum atomic E-state index is 13.0. The smallest absolute Gasteiger partial charge is 0.253 e. The van der Waals surface area contributed by atoms with E-state index in [-0.39, 0.29) is 11.3 Å². The van der Waals surface area contributed by atoms with Crippen LogP contribution in [0, 0.1) is 0 Å². The number of methoxy groups -OCH3 is 1. The van der Waals surface area contributed by atoms with Gasteiger partial charge in [0, 0.05) is 44.8 Å². The van der Waals surface area contributed by atoms with Crippen LogP contribution in [0.15, 0.2) is 28.8 Å². The zero-order valence-electron chi connectivity index (χ0n) is 20.5. The number of hydrogen-bond donors (Lipinski definition) is 0. The Bertz CT molecular complexity index is 910. The fraction of sp³-hybridized carbons (Fsp3) is 0.654. The fourth-order valence-electron chi connectivity index (χ4n) is 5.00. The molecule has 4 rings (SSSR count). The first-order valence-electron chi connectivity index (χ1n) is 12.3. The molecule has 0 saturated carbocycles. The summed E-state index contributed by atoms with van der Waals surface area (Å²) in [5.41, 5.74) is 2.14. The summed E-state index contributed by atoms with van der Waals surface area (Å²) in [5, 5.41) is 4.11. The van der Waals surface area contributed by atoms with Gasteiger partial charge in [0.2, 0.25) is 5.89 Å². The van der Waals surface area contributed by atoms with Gasteiger partial charge >= 0.3 is 0 Å². The minimum atomic E-state index is 0.0962. The van der Waals surface area contributed by atoms with Crippen LogP contribution in [0.3, 0.4) is 0 Å². The molecule has 0 spiro atoms. The molecule has 0 radical (unpaired) electrons. The highest BCUT2D eigenvalue weighted by molar-refractivity contribution is 5.94. The van der Waals surface area contributed by atoms with Gasteiger partial charge in [0.25, 0.3) is 5.91 Å². The number of piperidine rings is 2. The number of rotatable bonds is 6. The Morgan fingerprint density at radius 3 is 2.52 bits per heavy atom. The molecule has 7 nitrogen and oxygen atoms in total. The molecular weight excluding hydrogens is 416 g/mol. The lowest BCUT2D eigenvalue weighted by molar-refractivity contribution is 0.0558. The Morgan fingerprint density at radius 1 is 1.12 bits per heavy atom. The van der Waals surface area contributed by atoms with E-state index < -0.39 is 0 Å². The van der Waals surface area contributed by atoms with Gasteiger partial charge in [0.15, 0.2) is 5.82 Å². The molecule has 1 unspecified atom stereocenters. The first kappa shape index (κ1) is 23.9. The zero-order chi connectivity index (χ0) is 23.4. The van der Waals surface area contributed by atoms with Gasteiger partial charge in [-0.15, -0.1) is 0 Å². The number of ether oxygens (including phenoxy) is 1. The molecule has 0 bridgehead atoms. The van der Waals surface area contributed by atoms with Crippen molar-refractivity contribution >= 4 is 5.91 Å². The second-order valence-corrected chi connectivity index (χ2v) is 10.5. The van der Waals surface area contributed by atoms with Crippen molar-refractivity contribution in [3.63, 3.8) is 0 Å². The van der Waals surface area contributed by atoms with Crippen molar-refractivity contribution in [3.05, 3.63) is 47.1 Å². The first-order valence-corrected chi connectivity index (χ1v) is 12.3. The van der Waals surface area contributed by atoms with Crippen LogP contribution in [-0.2, 0) is 16.6 Å². The van der Waals surface area contributed by atoms with Gasteiger partial charge in [-0.25, -0.2) is 0 Å². The summed E-state index contributed by atoms with van der Waals surface area (Å²) in [5.74, 6) is 1.94. The quantitative estimate of drug-likeness (QED) is 0.656. The third-order valence-corrected chi connectivity index (χ3v) is 7.08. The number of carbonyl (C=O) groups is 1. The largest absolute Gasteiger partial charge is 0.384 e. The number of nitrogens with zero attached hydrogens (tertiary/aromatic N) is 4. The van der Waals surface area contributed by atoms with Gasteiger partial charge in [-0.3, -0.25) is 9.69 Å². The molecule has 1 aromatic heterocycles. The summed E-state index contributed by atoms with van der Waals surface area (Å²) in [6, 6.07) is 8.65. The Balaban J connectivity index is 1.30. The van der Waals surface area contributed by atoms with E-state index in [1.165, 1.54) is 5.56 Å². The first-order chi connectivity index (χ1) is 15.8. The molecule has 7 heteroatoms. The molecule has 0 N–H and O–H groups in total. The molecule has 1 aromatic carbocycles. The van der Waals surface area contributed by atoms with E-state index in [9.17, 15) is 4.79 Å². The SMILES string of the molecule is COCCc1noc(C2CCCN(C3CCN(C(=O)c4ccc(C(C)(C)C)cc4)CC3)C2)n1. The van der Waals surface area contributed by atoms with Gasteiger partial charge < -0.3 is 14.2 Å². The average molecular weight is 455 g/mol. The number of likely N-dealkylation sites (tertiary alicyclic amines) is 2. The molecule has 2 aromatic rings. The third kappa shape index (κ3) is 5.82. The van der Waals surface area contributed by atoms with E-state index in [1.807, 2.05) is 17.0 Å². The normalized spacial score (nSPS) is 20.8. The molecule has 180 valence electrons. The van der Waals surface area contributed by atoms with E-state index in [4.69, 9.17) is 9.26 Å². The Kier molecular flexibility index (Phi) is 7.49. The van der Waals surface area contributed by atoms with E-state index in [2.05, 4.69) is 47.9 Å². The number of aromatic nitrogens is 2. The summed E-state index contributed by atoms with van der Waals surface area (Å²) in [4.78, 5) is 22.2. The molecule has 0 aliphatic carbocycles. The van der Waals surface area contributed by atoms with Crippen LogP contribution in [0.25, 0.3) is 0 Å². The van der Waals surface area contributed by atoms with Crippen LogP contribution in [0.2, 0.25) is 0 Å². The van der Waals surface area contributed by atoms with E-state index in [0.717, 1.165) is 69.1 Å². The lowest BCUT2D eigenvalue weighted by atomic mass is 9.86. The standard InChI is InChI=1S/C26H38N4O3/c1-26(2,3)21-9-7-19(8-10-21)25(31)29-15-11-22(12-16-29)30-14-5-6-20(18-30)24-27-23(28-33-24)13-17-32-4/h7-10,20,22H,5-6,11-18H2,1-4H3. The van der Waals surface area contributed by atoms with Crippen LogP contribution in [0.5, 0.6) is 0 Å². The number of amides is 1. The molecule has 2 aliphatic heterocycles. The number of benzene rings is 1. The van der Waals surface area contributed by atoms with Crippen molar-refractivity contribution in [2.75, 3.05) is 39.9 Å². The maximum absolute atomic E-state index is 13.0. The highest BCUT2D eigenvalue weighted by atomic mass is 16.5. The lowest BCUT2D eigenvalue weighted by Crippen LogP contribution is -2.49. The van der Waals surface area contributed by atoms with Crippen molar-refractivity contribution < 1.29 is 14.1 Å². The minimum Gasteiger partial charge on any atom is -0.384 e. The molecule has 2 saturated heterocycles. The van der Waals surface area contributed by atoms with Crippen molar-refractivity contribution in [3.8, 4) is 0 Å². The predicted octanol–water partition coefficient (Wildman–Crippen LogP) is 4.04. The monoisotopic (exact) mass is 454 g/mol. The van der Waals surface area contributed by atoms with Gasteiger partial charge in [0.1, 0.15) is 0 Å². The van der Waals surface area contributed by atoms with Gasteiger partial charge in [-0.05, 0) is 55.3 Å². The topological polar surface area (TPSA) is 71.7 Å².